The highest BCUT2D eigenvalue weighted by atomic mass is 32.3. The van der Waals surface area contributed by atoms with Gasteiger partial charge in [0.15, 0.2) is 14.9 Å². The highest BCUT2D eigenvalue weighted by Crippen LogP contribution is 2.07. The Kier molecular flexibility index (Phi) is 5.64. The van der Waals surface area contributed by atoms with Crippen molar-refractivity contribution in [3.8, 4) is 0 Å². The molecule has 116 valence electrons. The summed E-state index contributed by atoms with van der Waals surface area (Å²) in [7, 11) is -7.52. The lowest BCUT2D eigenvalue weighted by atomic mass is 10.1. The fourth-order valence-electron chi connectivity index (χ4n) is 1.43. The molecule has 0 radical (unpaired) electrons. The highest BCUT2D eigenvalue weighted by molar-refractivity contribution is 8.06. The largest absolute Gasteiger partial charge is 0.478 e. The van der Waals surface area contributed by atoms with Crippen LogP contribution in [0.25, 0.3) is 6.08 Å². The lowest BCUT2D eigenvalue weighted by Gasteiger charge is -2.06. The number of sulfonamides is 1. The lowest BCUT2D eigenvalue weighted by molar-refractivity contribution is -0.131. The van der Waals surface area contributed by atoms with Crippen molar-refractivity contribution < 1.29 is 26.7 Å². The van der Waals surface area contributed by atoms with E-state index in [0.717, 1.165) is 12.3 Å². The lowest BCUT2D eigenvalue weighted by Crippen LogP contribution is -2.29. The molecule has 0 heterocycles. The quantitative estimate of drug-likeness (QED) is 0.689. The molecule has 0 fully saturated rings. The molecule has 1 aromatic rings. The van der Waals surface area contributed by atoms with E-state index in [1.165, 1.54) is 6.08 Å². The first-order chi connectivity index (χ1) is 9.57. The number of carbonyl (C=O) groups is 1. The molecule has 0 aliphatic carbocycles. The summed E-state index contributed by atoms with van der Waals surface area (Å²) >= 11 is 0. The van der Waals surface area contributed by atoms with E-state index in [2.05, 4.69) is 4.72 Å². The van der Waals surface area contributed by atoms with Crippen molar-refractivity contribution in [3.05, 3.63) is 41.5 Å². The Labute approximate surface area is 123 Å². The smallest absolute Gasteiger partial charge is 0.328 e. The molecule has 0 amide bonds. The predicted octanol–water partition coefficient (Wildman–Crippen LogP) is 0.206. The first-order valence-electron chi connectivity index (χ1n) is 5.72. The molecule has 0 bridgehead atoms. The van der Waals surface area contributed by atoms with Gasteiger partial charge in [-0.3, -0.25) is 0 Å². The third kappa shape index (κ3) is 7.59. The zero-order chi connectivity index (χ0) is 16.1. The van der Waals surface area contributed by atoms with Crippen LogP contribution in [-0.2, 0) is 31.2 Å². The molecule has 0 spiro atoms. The van der Waals surface area contributed by atoms with Crippen LogP contribution in [0.15, 0.2) is 30.3 Å². The zero-order valence-electron chi connectivity index (χ0n) is 11.2. The molecule has 0 aliphatic heterocycles. The van der Waals surface area contributed by atoms with Gasteiger partial charge in [0.1, 0.15) is 0 Å². The molecule has 1 aromatic carbocycles. The number of nitrogens with one attached hydrogen (secondary N) is 1. The minimum Gasteiger partial charge on any atom is -0.478 e. The molecular formula is C12H15NO6S2. The molecule has 7 nitrogen and oxygen atoms in total. The Morgan fingerprint density at radius 2 is 1.76 bits per heavy atom. The normalized spacial score (nSPS) is 12.6. The van der Waals surface area contributed by atoms with Crippen LogP contribution in [0.2, 0.25) is 0 Å². The maximum Gasteiger partial charge on any atom is 0.328 e. The van der Waals surface area contributed by atoms with Crippen molar-refractivity contribution in [1.82, 2.24) is 4.72 Å². The fourth-order valence-corrected chi connectivity index (χ4v) is 4.41. The number of carboxylic acid groups (broad SMARTS) is 1. The Balaban J connectivity index is 2.67. The fraction of sp³-hybridized carbons (Fsp3) is 0.250. The van der Waals surface area contributed by atoms with Crippen molar-refractivity contribution in [1.29, 1.82) is 0 Å². The van der Waals surface area contributed by atoms with E-state index in [1.807, 2.05) is 0 Å². The Morgan fingerprint density at radius 3 is 2.24 bits per heavy atom. The van der Waals surface area contributed by atoms with Crippen LogP contribution >= 0.6 is 0 Å². The summed E-state index contributed by atoms with van der Waals surface area (Å²) in [4.78, 5) is 10.4. The highest BCUT2D eigenvalue weighted by Gasteiger charge is 2.17. The minimum atomic E-state index is -3.90. The summed E-state index contributed by atoms with van der Waals surface area (Å²) in [5, 5.41) is 7.52. The van der Waals surface area contributed by atoms with Crippen molar-refractivity contribution >= 4 is 31.9 Å². The van der Waals surface area contributed by atoms with Gasteiger partial charge in [0.25, 0.3) is 0 Å². The number of benzene rings is 1. The van der Waals surface area contributed by atoms with Crippen LogP contribution in [0.1, 0.15) is 11.1 Å². The van der Waals surface area contributed by atoms with Gasteiger partial charge in [-0.1, -0.05) is 24.3 Å². The predicted molar refractivity (Wildman–Crippen MR) is 78.6 cm³/mol. The third-order valence-electron chi connectivity index (χ3n) is 2.26. The maximum absolute atomic E-state index is 11.5. The maximum atomic E-state index is 11.5. The monoisotopic (exact) mass is 333 g/mol. The van der Waals surface area contributed by atoms with Gasteiger partial charge in [-0.15, -0.1) is 0 Å². The van der Waals surface area contributed by atoms with Gasteiger partial charge in [0, 0.05) is 18.9 Å². The average molecular weight is 333 g/mol. The van der Waals surface area contributed by atoms with Gasteiger partial charge in [-0.05, 0) is 17.2 Å². The number of carboxylic acids is 1. The second-order valence-corrected chi connectivity index (χ2v) is 8.71. The average Bonchev–Trinajstić information content (AvgIpc) is 2.32. The topological polar surface area (TPSA) is 118 Å². The molecule has 2 N–H and O–H groups in total. The van der Waals surface area contributed by atoms with Crippen molar-refractivity contribution in [3.63, 3.8) is 0 Å². The SMILES string of the molecule is CS(=O)(=O)CS(=O)(=O)NCc1ccc(/C=C/C(=O)O)cc1. The number of aliphatic carboxylic acids is 1. The van der Waals surface area contributed by atoms with E-state index < -0.39 is 30.9 Å². The molecule has 0 aromatic heterocycles. The minimum absolute atomic E-state index is 0.0409. The standard InChI is InChI=1S/C12H15NO6S2/c1-20(16,17)9-21(18,19)13-8-11-4-2-10(3-5-11)6-7-12(14)15/h2-7,13H,8-9H2,1H3,(H,14,15)/b7-6+. The van der Waals surface area contributed by atoms with E-state index >= 15 is 0 Å². The van der Waals surface area contributed by atoms with Crippen molar-refractivity contribution in [2.24, 2.45) is 0 Å². The summed E-state index contributed by atoms with van der Waals surface area (Å²) in [5.41, 5.74) is 1.28. The molecule has 9 heteroatoms. The van der Waals surface area contributed by atoms with Crippen molar-refractivity contribution in [2.75, 3.05) is 11.3 Å². The number of rotatable bonds is 7. The number of hydrogen-bond acceptors (Lipinski definition) is 5. The van der Waals surface area contributed by atoms with Gasteiger partial charge in [0.2, 0.25) is 10.0 Å². The zero-order valence-corrected chi connectivity index (χ0v) is 12.8. The van der Waals surface area contributed by atoms with Crippen LogP contribution in [-0.4, -0.2) is 39.3 Å². The van der Waals surface area contributed by atoms with Gasteiger partial charge in [-0.2, -0.15) is 0 Å². The summed E-state index contributed by atoms with van der Waals surface area (Å²) in [6.07, 6.45) is 3.24. The second-order valence-electron chi connectivity index (χ2n) is 4.39. The van der Waals surface area contributed by atoms with Crippen LogP contribution in [0, 0.1) is 0 Å². The molecule has 21 heavy (non-hydrogen) atoms. The molecule has 0 saturated carbocycles. The van der Waals surface area contributed by atoms with Crippen molar-refractivity contribution in [2.45, 2.75) is 6.54 Å². The summed E-state index contributed by atoms with van der Waals surface area (Å²) in [6.45, 7) is -0.0409. The van der Waals surface area contributed by atoms with Gasteiger partial charge < -0.3 is 5.11 Å². The first kappa shape index (κ1) is 17.3. The van der Waals surface area contributed by atoms with Crippen LogP contribution in [0.3, 0.4) is 0 Å². The summed E-state index contributed by atoms with van der Waals surface area (Å²) in [5.74, 6) is -1.06. The number of sulfone groups is 1. The number of hydrogen-bond donors (Lipinski definition) is 2. The van der Waals surface area contributed by atoms with E-state index in [-0.39, 0.29) is 6.54 Å². The van der Waals surface area contributed by atoms with Gasteiger partial charge in [0.05, 0.1) is 0 Å². The van der Waals surface area contributed by atoms with Crippen LogP contribution < -0.4 is 4.72 Å². The van der Waals surface area contributed by atoms with E-state index in [4.69, 9.17) is 5.11 Å². The Hall–Kier alpha value is -1.71. The van der Waals surface area contributed by atoms with Gasteiger partial charge in [-0.25, -0.2) is 26.4 Å². The van der Waals surface area contributed by atoms with Gasteiger partial charge >= 0.3 is 5.97 Å². The van der Waals surface area contributed by atoms with E-state index in [0.29, 0.717) is 11.1 Å². The Bertz CT molecular complexity index is 732. The second kappa shape index (κ2) is 6.83. The molecule has 0 atom stereocenters. The molecule has 0 unspecified atom stereocenters. The Morgan fingerprint density at radius 1 is 1.19 bits per heavy atom. The van der Waals surface area contributed by atoms with Crippen LogP contribution in [0.4, 0.5) is 0 Å². The molecule has 0 aliphatic rings. The third-order valence-corrected chi connectivity index (χ3v) is 5.80. The first-order valence-corrected chi connectivity index (χ1v) is 9.44. The van der Waals surface area contributed by atoms with E-state index in [9.17, 15) is 21.6 Å². The van der Waals surface area contributed by atoms with Crippen LogP contribution in [0.5, 0.6) is 0 Å². The van der Waals surface area contributed by atoms with E-state index in [1.54, 1.807) is 24.3 Å². The molecular weight excluding hydrogens is 318 g/mol. The summed E-state index contributed by atoms with van der Waals surface area (Å²) in [6, 6.07) is 6.48. The molecule has 0 saturated heterocycles. The molecule has 1 rings (SSSR count). The summed E-state index contributed by atoms with van der Waals surface area (Å²) < 4.78 is 47.1.